The monoisotopic (exact) mass is 408 g/mol. The zero-order valence-electron chi connectivity index (χ0n) is 15.3. The summed E-state index contributed by atoms with van der Waals surface area (Å²) in [6.07, 6.45) is 2.52. The molecule has 0 amide bonds. The van der Waals surface area contributed by atoms with Crippen LogP contribution in [-0.2, 0) is 11.0 Å². The van der Waals surface area contributed by atoms with Gasteiger partial charge in [0.2, 0.25) is 0 Å². The topological polar surface area (TPSA) is 55.5 Å². The number of benzene rings is 1. The van der Waals surface area contributed by atoms with Crippen molar-refractivity contribution >= 4 is 28.8 Å². The molecule has 3 nitrogen and oxygen atoms in total. The quantitative estimate of drug-likeness (QED) is 0.719. The molecule has 7 heteroatoms. The van der Waals surface area contributed by atoms with Crippen LogP contribution in [-0.4, -0.2) is 17.5 Å². The molecule has 1 saturated carbocycles. The van der Waals surface area contributed by atoms with E-state index in [2.05, 4.69) is 4.99 Å². The highest BCUT2D eigenvalue weighted by Gasteiger charge is 2.38. The number of nitrogens with zero attached hydrogens (tertiary/aromatic N) is 1. The van der Waals surface area contributed by atoms with Crippen LogP contribution in [0.2, 0.25) is 0 Å². The van der Waals surface area contributed by atoms with Gasteiger partial charge in [0, 0.05) is 23.2 Å². The fourth-order valence-corrected chi connectivity index (χ4v) is 3.85. The molecular weight excluding hydrogens is 389 g/mol. The molecule has 148 valence electrons. The summed E-state index contributed by atoms with van der Waals surface area (Å²) in [5.41, 5.74) is 7.97. The predicted octanol–water partition coefficient (Wildman–Crippen LogP) is 5.48. The van der Waals surface area contributed by atoms with E-state index in [0.29, 0.717) is 29.2 Å². The smallest absolute Gasteiger partial charge is 0.323 e. The first kappa shape index (κ1) is 20.6. The van der Waals surface area contributed by atoms with Gasteiger partial charge in [-0.25, -0.2) is 0 Å². The lowest BCUT2D eigenvalue weighted by Crippen LogP contribution is -2.39. The van der Waals surface area contributed by atoms with Gasteiger partial charge >= 0.3 is 6.18 Å². The van der Waals surface area contributed by atoms with Crippen LogP contribution in [0.3, 0.4) is 0 Å². The molecule has 1 aromatic carbocycles. The Morgan fingerprint density at radius 2 is 2.07 bits per heavy atom. The summed E-state index contributed by atoms with van der Waals surface area (Å²) >= 11 is 6.35. The third-order valence-corrected chi connectivity index (χ3v) is 5.34. The second-order valence-electron chi connectivity index (χ2n) is 6.84. The number of nitrogens with two attached hydrogens (primary N) is 1. The second kappa shape index (κ2) is 8.05. The van der Waals surface area contributed by atoms with Gasteiger partial charge in [0.1, 0.15) is 5.78 Å². The number of ketones is 1. The van der Waals surface area contributed by atoms with Gasteiger partial charge in [0.05, 0.1) is 17.2 Å². The lowest BCUT2D eigenvalue weighted by Gasteiger charge is -2.24. The number of halogens is 4. The first-order chi connectivity index (χ1) is 13.2. The summed E-state index contributed by atoms with van der Waals surface area (Å²) in [6.45, 7) is 1.91. The fourth-order valence-electron chi connectivity index (χ4n) is 3.51. The molecule has 0 spiro atoms. The Hall–Kier alpha value is -2.18. The molecule has 2 atom stereocenters. The summed E-state index contributed by atoms with van der Waals surface area (Å²) in [6, 6.07) is 4.07. The van der Waals surface area contributed by atoms with Crippen LogP contribution in [0.5, 0.6) is 0 Å². The third kappa shape index (κ3) is 4.28. The minimum atomic E-state index is -4.45. The largest absolute Gasteiger partial charge is 0.416 e. The Labute approximate surface area is 166 Å². The van der Waals surface area contributed by atoms with E-state index in [1.54, 1.807) is 0 Å². The highest BCUT2D eigenvalue weighted by atomic mass is 35.5. The van der Waals surface area contributed by atoms with Crippen molar-refractivity contribution in [2.75, 3.05) is 0 Å². The van der Waals surface area contributed by atoms with Crippen molar-refractivity contribution in [3.05, 3.63) is 64.2 Å². The molecule has 0 bridgehead atoms. The van der Waals surface area contributed by atoms with Crippen LogP contribution in [0.1, 0.15) is 31.7 Å². The molecule has 1 fully saturated rings. The van der Waals surface area contributed by atoms with Gasteiger partial charge < -0.3 is 5.73 Å². The van der Waals surface area contributed by atoms with Gasteiger partial charge in [0.15, 0.2) is 0 Å². The summed E-state index contributed by atoms with van der Waals surface area (Å²) in [5.74, 6) is -0.754. The van der Waals surface area contributed by atoms with E-state index < -0.39 is 23.7 Å². The maximum absolute atomic E-state index is 12.9. The number of alkyl halides is 3. The average molecular weight is 409 g/mol. The summed E-state index contributed by atoms with van der Waals surface area (Å²) < 4.78 is 38.8. The zero-order chi connectivity index (χ0) is 20.5. The number of hydrogen-bond donors (Lipinski definition) is 1. The van der Waals surface area contributed by atoms with E-state index in [1.165, 1.54) is 12.1 Å². The normalized spacial score (nSPS) is 24.5. The van der Waals surface area contributed by atoms with Gasteiger partial charge in [-0.15, -0.1) is 0 Å². The predicted molar refractivity (Wildman–Crippen MR) is 105 cm³/mol. The number of Topliss-reactive ketones (excluding diaryl/α,β-unsaturated/α-hetero) is 1. The Morgan fingerprint density at radius 3 is 2.71 bits per heavy atom. The average Bonchev–Trinajstić information content (AvgIpc) is 3.00. The molecule has 0 aliphatic heterocycles. The SMILES string of the molecule is CC=C1C=C(Cl)C(C(N)C2C(=O)CCC2=Nc2cccc(C(F)(F)F)c2)=CC1. The van der Waals surface area contributed by atoms with Crippen molar-refractivity contribution in [2.24, 2.45) is 16.6 Å². The molecule has 2 unspecified atom stereocenters. The van der Waals surface area contributed by atoms with Crippen molar-refractivity contribution in [1.82, 2.24) is 0 Å². The first-order valence-electron chi connectivity index (χ1n) is 8.96. The van der Waals surface area contributed by atoms with Crippen LogP contribution in [0.25, 0.3) is 0 Å². The van der Waals surface area contributed by atoms with E-state index in [-0.39, 0.29) is 17.9 Å². The van der Waals surface area contributed by atoms with Crippen molar-refractivity contribution in [2.45, 2.75) is 38.4 Å². The minimum absolute atomic E-state index is 0.0691. The van der Waals surface area contributed by atoms with Crippen molar-refractivity contribution in [3.63, 3.8) is 0 Å². The van der Waals surface area contributed by atoms with Crippen LogP contribution in [0, 0.1) is 5.92 Å². The Bertz CT molecular complexity index is 912. The molecule has 2 aliphatic rings. The Balaban J connectivity index is 1.91. The van der Waals surface area contributed by atoms with Gasteiger partial charge in [-0.2, -0.15) is 13.2 Å². The van der Waals surface area contributed by atoms with Crippen molar-refractivity contribution in [1.29, 1.82) is 0 Å². The van der Waals surface area contributed by atoms with Crippen LogP contribution < -0.4 is 5.73 Å². The highest BCUT2D eigenvalue weighted by molar-refractivity contribution is 6.32. The van der Waals surface area contributed by atoms with Crippen LogP contribution in [0.4, 0.5) is 18.9 Å². The summed E-state index contributed by atoms with van der Waals surface area (Å²) in [7, 11) is 0. The van der Waals surface area contributed by atoms with Gasteiger partial charge in [-0.05, 0) is 55.2 Å². The molecule has 0 aromatic heterocycles. The van der Waals surface area contributed by atoms with Crippen molar-refractivity contribution in [3.8, 4) is 0 Å². The number of aliphatic imine (C=N–C) groups is 1. The Kier molecular flexibility index (Phi) is 5.91. The van der Waals surface area contributed by atoms with E-state index in [4.69, 9.17) is 17.3 Å². The van der Waals surface area contributed by atoms with Crippen molar-refractivity contribution < 1.29 is 18.0 Å². The number of hydrogen-bond acceptors (Lipinski definition) is 3. The lowest BCUT2D eigenvalue weighted by molar-refractivity contribution is -0.137. The molecular formula is C21H20ClF3N2O. The molecule has 0 radical (unpaired) electrons. The maximum atomic E-state index is 12.9. The molecule has 0 heterocycles. The summed E-state index contributed by atoms with van der Waals surface area (Å²) in [4.78, 5) is 16.8. The molecule has 2 aliphatic carbocycles. The standard InChI is InChI=1S/C21H20ClF3N2O/c1-2-12-6-7-15(16(22)10-12)20(26)19-17(8-9-18(19)28)27-14-5-3-4-13(11-14)21(23,24)25/h2-5,7,10-11,19-20H,6,8-9,26H2,1H3. The van der Waals surface area contributed by atoms with Crippen LogP contribution in [0.15, 0.2) is 63.7 Å². The zero-order valence-corrected chi connectivity index (χ0v) is 16.0. The number of carbonyl (C=O) groups excluding carboxylic acids is 1. The summed E-state index contributed by atoms with van der Waals surface area (Å²) in [5, 5.41) is 0.477. The van der Waals surface area contributed by atoms with E-state index in [0.717, 1.165) is 17.7 Å². The highest BCUT2D eigenvalue weighted by Crippen LogP contribution is 2.35. The minimum Gasteiger partial charge on any atom is -0.323 e. The number of rotatable bonds is 3. The maximum Gasteiger partial charge on any atom is 0.416 e. The second-order valence-corrected chi connectivity index (χ2v) is 7.25. The molecule has 2 N–H and O–H groups in total. The van der Waals surface area contributed by atoms with Gasteiger partial charge in [-0.1, -0.05) is 29.8 Å². The van der Waals surface area contributed by atoms with Gasteiger partial charge in [-0.3, -0.25) is 9.79 Å². The molecule has 3 rings (SSSR count). The lowest BCUT2D eigenvalue weighted by atomic mass is 9.86. The first-order valence-corrected chi connectivity index (χ1v) is 9.34. The number of allylic oxidation sites excluding steroid dienone is 4. The van der Waals surface area contributed by atoms with Crippen LogP contribution >= 0.6 is 11.6 Å². The van der Waals surface area contributed by atoms with E-state index in [1.807, 2.05) is 25.2 Å². The molecule has 28 heavy (non-hydrogen) atoms. The Morgan fingerprint density at radius 1 is 1.32 bits per heavy atom. The number of carbonyl (C=O) groups is 1. The van der Waals surface area contributed by atoms with Gasteiger partial charge in [0.25, 0.3) is 0 Å². The third-order valence-electron chi connectivity index (χ3n) is 5.01. The van der Waals surface area contributed by atoms with E-state index >= 15 is 0 Å². The fraction of sp³-hybridized carbons (Fsp3) is 0.333. The van der Waals surface area contributed by atoms with E-state index in [9.17, 15) is 18.0 Å². The molecule has 1 aromatic rings. The molecule has 0 saturated heterocycles.